The van der Waals surface area contributed by atoms with Crippen molar-refractivity contribution in [2.24, 2.45) is 0 Å². The number of methoxy groups -OCH3 is 1. The molecule has 0 aromatic heterocycles. The first-order chi connectivity index (χ1) is 8.04. The average Bonchev–Trinajstić information content (AvgIpc) is 2.35. The van der Waals surface area contributed by atoms with Gasteiger partial charge in [0.2, 0.25) is 0 Å². The van der Waals surface area contributed by atoms with Gasteiger partial charge in [-0.1, -0.05) is 40.3 Å². The summed E-state index contributed by atoms with van der Waals surface area (Å²) in [5.41, 5.74) is 1.69. The molecule has 17 heavy (non-hydrogen) atoms. The minimum Gasteiger partial charge on any atom is -0.468 e. The van der Waals surface area contributed by atoms with Crippen molar-refractivity contribution in [2.75, 3.05) is 13.7 Å². The van der Waals surface area contributed by atoms with E-state index in [-0.39, 0.29) is 22.3 Å². The minimum atomic E-state index is -0.369. The lowest BCUT2D eigenvalue weighted by molar-refractivity contribution is -0.139. The lowest BCUT2D eigenvalue weighted by atomic mass is 10.1. The molecule has 0 aliphatic carbocycles. The molecule has 1 N–H and O–H groups in total. The quantitative estimate of drug-likeness (QED) is 0.513. The van der Waals surface area contributed by atoms with Crippen molar-refractivity contribution in [2.45, 2.75) is 10.8 Å². The lowest BCUT2D eigenvalue weighted by Crippen LogP contribution is -2.33. The largest absolute Gasteiger partial charge is 0.468 e. The Hall–Kier alpha value is -1.11. The van der Waals surface area contributed by atoms with E-state index < -0.39 is 0 Å². The number of benzene rings is 1. The number of alkyl halides is 1. The van der Waals surface area contributed by atoms with Gasteiger partial charge in [-0.25, -0.2) is 0 Å². The van der Waals surface area contributed by atoms with Crippen LogP contribution in [0, 0.1) is 6.92 Å². The number of halogens is 1. The van der Waals surface area contributed by atoms with E-state index in [1.165, 1.54) is 7.11 Å². The maximum absolute atomic E-state index is 11.7. The molecule has 0 aliphatic rings. The highest BCUT2D eigenvalue weighted by atomic mass is 127. The number of carbonyl (C=O) groups excluding carboxylic acids is 2. The zero-order chi connectivity index (χ0) is 12.8. The van der Waals surface area contributed by atoms with Crippen molar-refractivity contribution in [1.82, 2.24) is 5.32 Å². The maximum atomic E-state index is 11.7. The highest BCUT2D eigenvalue weighted by Gasteiger charge is 2.16. The number of carbonyl (C=O) groups is 2. The molecule has 1 aromatic carbocycles. The molecule has 1 aromatic rings. The average molecular weight is 347 g/mol. The third-order valence-electron chi connectivity index (χ3n) is 2.21. The SMILES string of the molecule is COC(=O)C(I)CNC(=O)c1ccc(C)cc1. The number of rotatable bonds is 4. The molecule has 1 unspecified atom stereocenters. The molecule has 0 radical (unpaired) electrons. The predicted octanol–water partition coefficient (Wildman–Crippen LogP) is 1.70. The van der Waals surface area contributed by atoms with Crippen LogP contribution in [0.1, 0.15) is 15.9 Å². The first-order valence-electron chi connectivity index (χ1n) is 5.11. The Morgan fingerprint density at radius 2 is 1.94 bits per heavy atom. The summed E-state index contributed by atoms with van der Waals surface area (Å²) in [4.78, 5) is 22.8. The number of hydrogen-bond acceptors (Lipinski definition) is 3. The summed E-state index contributed by atoms with van der Waals surface area (Å²) in [5, 5.41) is 2.69. The third-order valence-corrected chi connectivity index (χ3v) is 3.16. The van der Waals surface area contributed by atoms with E-state index in [0.29, 0.717) is 5.56 Å². The van der Waals surface area contributed by atoms with Crippen LogP contribution in [0.25, 0.3) is 0 Å². The molecule has 0 spiro atoms. The summed E-state index contributed by atoms with van der Waals surface area (Å²) in [7, 11) is 1.33. The Labute approximate surface area is 114 Å². The predicted molar refractivity (Wildman–Crippen MR) is 73.3 cm³/mol. The fourth-order valence-electron chi connectivity index (χ4n) is 1.20. The Bertz CT molecular complexity index is 403. The second-order valence-corrected chi connectivity index (χ2v) is 5.07. The first kappa shape index (κ1) is 14.0. The number of hydrogen-bond donors (Lipinski definition) is 1. The van der Waals surface area contributed by atoms with Crippen molar-refractivity contribution in [3.8, 4) is 0 Å². The molecule has 0 saturated carbocycles. The summed E-state index contributed by atoms with van der Waals surface area (Å²) >= 11 is 1.94. The van der Waals surface area contributed by atoms with Crippen molar-refractivity contribution in [1.29, 1.82) is 0 Å². The Kier molecular flexibility index (Phi) is 5.40. The molecule has 1 atom stereocenters. The van der Waals surface area contributed by atoms with Crippen LogP contribution >= 0.6 is 22.6 Å². The summed E-state index contributed by atoms with van der Waals surface area (Å²) in [6, 6.07) is 7.25. The van der Waals surface area contributed by atoms with Gasteiger partial charge in [0.25, 0.3) is 5.91 Å². The molecular weight excluding hydrogens is 333 g/mol. The van der Waals surface area contributed by atoms with Crippen LogP contribution in [0.15, 0.2) is 24.3 Å². The fourth-order valence-corrected chi connectivity index (χ4v) is 1.67. The van der Waals surface area contributed by atoms with Gasteiger partial charge in [-0.05, 0) is 19.1 Å². The van der Waals surface area contributed by atoms with E-state index in [1.807, 2.05) is 41.6 Å². The van der Waals surface area contributed by atoms with Crippen LogP contribution in [0.2, 0.25) is 0 Å². The third kappa shape index (κ3) is 4.33. The maximum Gasteiger partial charge on any atom is 0.320 e. The number of ether oxygens (including phenoxy) is 1. The molecule has 0 aliphatic heterocycles. The van der Waals surface area contributed by atoms with Gasteiger partial charge in [-0.3, -0.25) is 9.59 Å². The molecule has 0 heterocycles. The van der Waals surface area contributed by atoms with E-state index in [9.17, 15) is 9.59 Å². The molecule has 92 valence electrons. The van der Waals surface area contributed by atoms with Gasteiger partial charge in [0, 0.05) is 12.1 Å². The highest BCUT2D eigenvalue weighted by molar-refractivity contribution is 14.1. The van der Waals surface area contributed by atoms with Crippen LogP contribution in [-0.4, -0.2) is 29.5 Å². The van der Waals surface area contributed by atoms with Crippen LogP contribution in [0.3, 0.4) is 0 Å². The monoisotopic (exact) mass is 347 g/mol. The van der Waals surface area contributed by atoms with Gasteiger partial charge < -0.3 is 10.1 Å². The molecule has 0 fully saturated rings. The standard InChI is InChI=1S/C12H14INO3/c1-8-3-5-9(6-4-8)11(15)14-7-10(13)12(16)17-2/h3-6,10H,7H2,1-2H3,(H,14,15). The molecule has 4 nitrogen and oxygen atoms in total. The van der Waals surface area contributed by atoms with Crippen LogP contribution in [0.5, 0.6) is 0 Å². The van der Waals surface area contributed by atoms with Gasteiger partial charge in [-0.2, -0.15) is 0 Å². The Morgan fingerprint density at radius 1 is 1.35 bits per heavy atom. The van der Waals surface area contributed by atoms with Gasteiger partial charge in [0.15, 0.2) is 0 Å². The first-order valence-corrected chi connectivity index (χ1v) is 6.36. The summed E-state index contributed by atoms with van der Waals surface area (Å²) in [5.74, 6) is -0.523. The molecular formula is C12H14INO3. The highest BCUT2D eigenvalue weighted by Crippen LogP contribution is 2.04. The summed E-state index contributed by atoms with van der Waals surface area (Å²) in [6.45, 7) is 2.22. The normalized spacial score (nSPS) is 11.7. The molecule has 1 amide bonds. The van der Waals surface area contributed by atoms with E-state index in [4.69, 9.17) is 0 Å². The minimum absolute atomic E-state index is 0.185. The van der Waals surface area contributed by atoms with Crippen LogP contribution in [0.4, 0.5) is 0 Å². The topological polar surface area (TPSA) is 55.4 Å². The summed E-state index contributed by atoms with van der Waals surface area (Å²) < 4.78 is 4.20. The molecule has 1 rings (SSSR count). The van der Waals surface area contributed by atoms with Crippen LogP contribution < -0.4 is 5.32 Å². The Balaban J connectivity index is 2.50. The van der Waals surface area contributed by atoms with Crippen molar-refractivity contribution < 1.29 is 14.3 Å². The van der Waals surface area contributed by atoms with Gasteiger partial charge >= 0.3 is 5.97 Å². The second kappa shape index (κ2) is 6.58. The van der Waals surface area contributed by atoms with Gasteiger partial charge in [0.1, 0.15) is 3.92 Å². The molecule has 0 saturated heterocycles. The fraction of sp³-hybridized carbons (Fsp3) is 0.333. The van der Waals surface area contributed by atoms with Gasteiger partial charge in [0.05, 0.1) is 7.11 Å². The lowest BCUT2D eigenvalue weighted by Gasteiger charge is -2.09. The summed E-state index contributed by atoms with van der Waals surface area (Å²) in [6.07, 6.45) is 0. The van der Waals surface area contributed by atoms with E-state index in [2.05, 4.69) is 10.1 Å². The number of esters is 1. The van der Waals surface area contributed by atoms with E-state index >= 15 is 0 Å². The number of amides is 1. The van der Waals surface area contributed by atoms with Crippen molar-refractivity contribution in [3.63, 3.8) is 0 Å². The van der Waals surface area contributed by atoms with E-state index in [0.717, 1.165) is 5.56 Å². The molecule has 5 heteroatoms. The van der Waals surface area contributed by atoms with Crippen molar-refractivity contribution in [3.05, 3.63) is 35.4 Å². The number of aryl methyl sites for hydroxylation is 1. The van der Waals surface area contributed by atoms with Crippen molar-refractivity contribution >= 4 is 34.5 Å². The van der Waals surface area contributed by atoms with Crippen LogP contribution in [-0.2, 0) is 9.53 Å². The van der Waals surface area contributed by atoms with Gasteiger partial charge in [-0.15, -0.1) is 0 Å². The molecule has 0 bridgehead atoms. The zero-order valence-electron chi connectivity index (χ0n) is 9.70. The second-order valence-electron chi connectivity index (χ2n) is 3.57. The number of nitrogens with one attached hydrogen (secondary N) is 1. The smallest absolute Gasteiger partial charge is 0.320 e. The Morgan fingerprint density at radius 3 is 2.47 bits per heavy atom. The zero-order valence-corrected chi connectivity index (χ0v) is 11.9. The van der Waals surface area contributed by atoms with E-state index in [1.54, 1.807) is 12.1 Å².